The Bertz CT molecular complexity index is 680. The average Bonchev–Trinajstić information content (AvgIpc) is 2.83. The molecule has 0 aliphatic heterocycles. The Hall–Kier alpha value is -2.51. The van der Waals surface area contributed by atoms with Crippen LogP contribution in [-0.2, 0) is 12.6 Å². The molecule has 22 heavy (non-hydrogen) atoms. The van der Waals surface area contributed by atoms with Gasteiger partial charge in [-0.15, -0.1) is 0 Å². The first-order valence-corrected chi connectivity index (χ1v) is 6.42. The van der Waals surface area contributed by atoms with Crippen molar-refractivity contribution in [2.75, 3.05) is 11.9 Å². The molecule has 8 heteroatoms. The number of benzene rings is 1. The highest BCUT2D eigenvalue weighted by Gasteiger charge is 2.32. The minimum absolute atomic E-state index is 0.0429. The summed E-state index contributed by atoms with van der Waals surface area (Å²) in [4.78, 5) is 10.1. The van der Waals surface area contributed by atoms with Gasteiger partial charge in [0.1, 0.15) is 17.2 Å². The third kappa shape index (κ3) is 3.78. The maximum atomic E-state index is 12.6. The molecule has 0 fully saturated rings. The van der Waals surface area contributed by atoms with Crippen molar-refractivity contribution in [3.05, 3.63) is 57.5 Å². The van der Waals surface area contributed by atoms with Crippen molar-refractivity contribution < 1.29 is 22.5 Å². The second-order valence-corrected chi connectivity index (χ2v) is 4.68. The number of nitro benzene ring substituents is 1. The van der Waals surface area contributed by atoms with E-state index in [1.165, 1.54) is 0 Å². The average molecular weight is 314 g/mol. The van der Waals surface area contributed by atoms with Crippen molar-refractivity contribution in [2.45, 2.75) is 19.5 Å². The van der Waals surface area contributed by atoms with E-state index in [2.05, 4.69) is 5.32 Å². The van der Waals surface area contributed by atoms with Gasteiger partial charge in [0.25, 0.3) is 5.69 Å². The summed E-state index contributed by atoms with van der Waals surface area (Å²) in [6.07, 6.45) is -4.15. The number of hydrogen-bond donors (Lipinski definition) is 1. The minimum atomic E-state index is -4.62. The molecular formula is C14H13F3N2O3. The Morgan fingerprint density at radius 3 is 2.55 bits per heavy atom. The second-order valence-electron chi connectivity index (χ2n) is 4.68. The van der Waals surface area contributed by atoms with E-state index in [1.807, 2.05) is 0 Å². The van der Waals surface area contributed by atoms with Crippen LogP contribution in [0.1, 0.15) is 17.1 Å². The van der Waals surface area contributed by atoms with Gasteiger partial charge in [-0.2, -0.15) is 13.2 Å². The number of hydrogen-bond acceptors (Lipinski definition) is 4. The molecule has 1 N–H and O–H groups in total. The van der Waals surface area contributed by atoms with Crippen LogP contribution < -0.4 is 5.32 Å². The van der Waals surface area contributed by atoms with Gasteiger partial charge in [-0.05, 0) is 31.2 Å². The van der Waals surface area contributed by atoms with Crippen molar-refractivity contribution in [2.24, 2.45) is 0 Å². The molecule has 0 radical (unpaired) electrons. The molecule has 0 saturated carbocycles. The van der Waals surface area contributed by atoms with E-state index in [9.17, 15) is 23.3 Å². The maximum absolute atomic E-state index is 12.6. The Morgan fingerprint density at radius 1 is 1.27 bits per heavy atom. The zero-order chi connectivity index (χ0) is 16.3. The summed E-state index contributed by atoms with van der Waals surface area (Å²) in [7, 11) is 0. The van der Waals surface area contributed by atoms with Crippen LogP contribution in [0, 0.1) is 17.0 Å². The van der Waals surface area contributed by atoms with Gasteiger partial charge in [0.2, 0.25) is 0 Å². The molecule has 0 bridgehead atoms. The van der Waals surface area contributed by atoms with Gasteiger partial charge >= 0.3 is 6.18 Å². The largest absolute Gasteiger partial charge is 0.466 e. The van der Waals surface area contributed by atoms with Crippen molar-refractivity contribution in [1.82, 2.24) is 0 Å². The highest BCUT2D eigenvalue weighted by Crippen LogP contribution is 2.34. The highest BCUT2D eigenvalue weighted by molar-refractivity contribution is 5.63. The van der Waals surface area contributed by atoms with Gasteiger partial charge in [0, 0.05) is 19.0 Å². The number of furan rings is 1. The van der Waals surface area contributed by atoms with E-state index in [1.54, 1.807) is 19.1 Å². The number of anilines is 1. The molecule has 0 spiro atoms. The van der Waals surface area contributed by atoms with Crippen molar-refractivity contribution in [3.63, 3.8) is 0 Å². The first-order chi connectivity index (χ1) is 10.3. The fourth-order valence-electron chi connectivity index (χ4n) is 1.95. The Labute approximate surface area is 123 Å². The van der Waals surface area contributed by atoms with Crippen LogP contribution in [0.25, 0.3) is 0 Å². The molecule has 0 atom stereocenters. The third-order valence-electron chi connectivity index (χ3n) is 3.00. The number of nitrogens with zero attached hydrogens (tertiary/aromatic N) is 1. The number of halogens is 3. The van der Waals surface area contributed by atoms with Gasteiger partial charge in [0.05, 0.1) is 10.5 Å². The van der Waals surface area contributed by atoms with Crippen molar-refractivity contribution in [1.29, 1.82) is 0 Å². The van der Waals surface area contributed by atoms with Crippen molar-refractivity contribution >= 4 is 11.4 Å². The topological polar surface area (TPSA) is 68.3 Å². The van der Waals surface area contributed by atoms with E-state index < -0.39 is 22.4 Å². The molecule has 0 amide bonds. The van der Waals surface area contributed by atoms with E-state index in [0.717, 1.165) is 17.9 Å². The SMILES string of the molecule is Cc1ccc(CCNc2ccc(C(F)(F)F)cc2[N+](=O)[O-])o1. The van der Waals surface area contributed by atoms with E-state index in [4.69, 9.17) is 4.42 Å². The predicted molar refractivity (Wildman–Crippen MR) is 73.7 cm³/mol. The monoisotopic (exact) mass is 314 g/mol. The van der Waals surface area contributed by atoms with Gasteiger partial charge in [0.15, 0.2) is 0 Å². The number of alkyl halides is 3. The van der Waals surface area contributed by atoms with Crippen LogP contribution in [0.3, 0.4) is 0 Å². The maximum Gasteiger partial charge on any atom is 0.416 e. The summed E-state index contributed by atoms with van der Waals surface area (Å²) in [5, 5.41) is 13.7. The molecule has 0 aliphatic rings. The summed E-state index contributed by atoms with van der Waals surface area (Å²) < 4.78 is 43.1. The molecule has 118 valence electrons. The van der Waals surface area contributed by atoms with Crippen LogP contribution in [0.5, 0.6) is 0 Å². The molecule has 0 unspecified atom stereocenters. The standard InChI is InChI=1S/C14H13F3N2O3/c1-9-2-4-11(22-9)6-7-18-12-5-3-10(14(15,16)17)8-13(12)19(20)21/h2-5,8,18H,6-7H2,1H3. The highest BCUT2D eigenvalue weighted by atomic mass is 19.4. The second kappa shape index (κ2) is 6.08. The lowest BCUT2D eigenvalue weighted by molar-refractivity contribution is -0.384. The lowest BCUT2D eigenvalue weighted by Gasteiger charge is -2.10. The summed E-state index contributed by atoms with van der Waals surface area (Å²) >= 11 is 0. The van der Waals surface area contributed by atoms with Gasteiger partial charge in [-0.1, -0.05) is 0 Å². The molecule has 0 saturated heterocycles. The Morgan fingerprint density at radius 2 is 2.00 bits per heavy atom. The molecular weight excluding hydrogens is 301 g/mol. The summed E-state index contributed by atoms with van der Waals surface area (Å²) in [5.74, 6) is 1.44. The van der Waals surface area contributed by atoms with Crippen LogP contribution in [0.15, 0.2) is 34.7 Å². The minimum Gasteiger partial charge on any atom is -0.466 e. The lowest BCUT2D eigenvalue weighted by atomic mass is 10.1. The van der Waals surface area contributed by atoms with E-state index in [-0.39, 0.29) is 5.69 Å². The smallest absolute Gasteiger partial charge is 0.416 e. The zero-order valence-corrected chi connectivity index (χ0v) is 11.6. The molecule has 2 rings (SSSR count). The molecule has 2 aromatic rings. The van der Waals surface area contributed by atoms with Crippen molar-refractivity contribution in [3.8, 4) is 0 Å². The first-order valence-electron chi connectivity index (χ1n) is 6.42. The molecule has 1 heterocycles. The molecule has 1 aromatic carbocycles. The number of aryl methyl sites for hydroxylation is 1. The molecule has 5 nitrogen and oxygen atoms in total. The van der Waals surface area contributed by atoms with E-state index >= 15 is 0 Å². The van der Waals surface area contributed by atoms with Crippen LogP contribution in [0.2, 0.25) is 0 Å². The van der Waals surface area contributed by atoms with Gasteiger partial charge < -0.3 is 9.73 Å². The summed E-state index contributed by atoms with van der Waals surface area (Å²) in [6, 6.07) is 5.97. The quantitative estimate of drug-likeness (QED) is 0.664. The zero-order valence-electron chi connectivity index (χ0n) is 11.6. The molecule has 0 aliphatic carbocycles. The fourth-order valence-corrected chi connectivity index (χ4v) is 1.95. The van der Waals surface area contributed by atoms with Crippen LogP contribution in [-0.4, -0.2) is 11.5 Å². The van der Waals surface area contributed by atoms with Gasteiger partial charge in [-0.3, -0.25) is 10.1 Å². The number of nitrogens with one attached hydrogen (secondary N) is 1. The Kier molecular flexibility index (Phi) is 4.39. The summed E-state index contributed by atoms with van der Waals surface area (Å²) in [6.45, 7) is 2.09. The summed E-state index contributed by atoms with van der Waals surface area (Å²) in [5.41, 5.74) is -1.61. The normalized spacial score (nSPS) is 11.5. The first kappa shape index (κ1) is 15.9. The van der Waals surface area contributed by atoms with Crippen LogP contribution in [0.4, 0.5) is 24.5 Å². The molecule has 1 aromatic heterocycles. The van der Waals surface area contributed by atoms with Gasteiger partial charge in [-0.25, -0.2) is 0 Å². The fraction of sp³-hybridized carbons (Fsp3) is 0.286. The lowest BCUT2D eigenvalue weighted by Crippen LogP contribution is -2.09. The van der Waals surface area contributed by atoms with Crippen LogP contribution >= 0.6 is 0 Å². The Balaban J connectivity index is 2.11. The third-order valence-corrected chi connectivity index (χ3v) is 3.00. The predicted octanol–water partition coefficient (Wildman–Crippen LogP) is 4.17. The number of rotatable bonds is 5. The van der Waals surface area contributed by atoms with E-state index in [0.29, 0.717) is 24.8 Å². The number of nitro groups is 1.